The van der Waals surface area contributed by atoms with Gasteiger partial charge >= 0.3 is 0 Å². The SMILES string of the molecule is Fc1[c]c(F)c2cc3cc[c]cc3cc2c1. The summed E-state index contributed by atoms with van der Waals surface area (Å²) in [5.74, 6) is -1.33. The fourth-order valence-corrected chi connectivity index (χ4v) is 1.85. The summed E-state index contributed by atoms with van der Waals surface area (Å²) in [5.41, 5.74) is 0. The molecule has 0 fully saturated rings. The molecule has 0 bridgehead atoms. The van der Waals surface area contributed by atoms with Crippen LogP contribution in [0.25, 0.3) is 21.5 Å². The van der Waals surface area contributed by atoms with E-state index in [4.69, 9.17) is 0 Å². The summed E-state index contributed by atoms with van der Waals surface area (Å²) in [6.07, 6.45) is 0. The number of halogens is 2. The topological polar surface area (TPSA) is 0 Å². The van der Waals surface area contributed by atoms with Crippen molar-refractivity contribution in [3.63, 3.8) is 0 Å². The third-order valence-electron chi connectivity index (χ3n) is 2.60. The maximum atomic E-state index is 13.5. The van der Waals surface area contributed by atoms with Gasteiger partial charge in [-0.05, 0) is 46.5 Å². The quantitative estimate of drug-likeness (QED) is 0.496. The van der Waals surface area contributed by atoms with Crippen molar-refractivity contribution in [3.05, 3.63) is 60.2 Å². The van der Waals surface area contributed by atoms with Gasteiger partial charge in [0.15, 0.2) is 0 Å². The molecule has 2 radical (unpaired) electrons. The van der Waals surface area contributed by atoms with Gasteiger partial charge < -0.3 is 0 Å². The van der Waals surface area contributed by atoms with Gasteiger partial charge in [-0.3, -0.25) is 0 Å². The van der Waals surface area contributed by atoms with Crippen molar-refractivity contribution >= 4 is 21.5 Å². The first-order valence-corrected chi connectivity index (χ1v) is 4.85. The molecule has 3 aromatic rings. The molecule has 0 aliphatic carbocycles. The van der Waals surface area contributed by atoms with Crippen LogP contribution in [-0.4, -0.2) is 0 Å². The van der Waals surface area contributed by atoms with E-state index in [9.17, 15) is 8.78 Å². The molecule has 0 unspecified atom stereocenters. The van der Waals surface area contributed by atoms with E-state index in [1.807, 2.05) is 12.1 Å². The normalized spacial score (nSPS) is 11.1. The van der Waals surface area contributed by atoms with Crippen LogP contribution in [-0.2, 0) is 0 Å². The maximum Gasteiger partial charge on any atom is 0.142 e. The van der Waals surface area contributed by atoms with Crippen molar-refractivity contribution in [2.24, 2.45) is 0 Å². The van der Waals surface area contributed by atoms with Crippen LogP contribution in [0, 0.1) is 23.8 Å². The summed E-state index contributed by atoms with van der Waals surface area (Å²) >= 11 is 0. The maximum absolute atomic E-state index is 13.5. The summed E-state index contributed by atoms with van der Waals surface area (Å²) in [6.45, 7) is 0. The average molecular weight is 212 g/mol. The number of hydrogen-bond donors (Lipinski definition) is 0. The summed E-state index contributed by atoms with van der Waals surface area (Å²) in [6, 6.07) is 15.1. The smallest absolute Gasteiger partial charge is 0.142 e. The van der Waals surface area contributed by atoms with Crippen molar-refractivity contribution in [2.75, 3.05) is 0 Å². The van der Waals surface area contributed by atoms with Gasteiger partial charge in [0, 0.05) is 5.39 Å². The Balaban J connectivity index is 2.51. The lowest BCUT2D eigenvalue weighted by molar-refractivity contribution is 0.588. The van der Waals surface area contributed by atoms with E-state index >= 15 is 0 Å². The number of hydrogen-bond acceptors (Lipinski definition) is 0. The Morgan fingerprint density at radius 2 is 1.81 bits per heavy atom. The van der Waals surface area contributed by atoms with Gasteiger partial charge in [0.25, 0.3) is 0 Å². The Hall–Kier alpha value is -1.96. The molecule has 0 amide bonds. The molecule has 2 heteroatoms. The van der Waals surface area contributed by atoms with Gasteiger partial charge in [0.05, 0.1) is 6.07 Å². The van der Waals surface area contributed by atoms with E-state index in [0.29, 0.717) is 10.8 Å². The zero-order valence-electron chi connectivity index (χ0n) is 8.22. The minimum absolute atomic E-state index is 0.389. The fraction of sp³-hybridized carbons (Fsp3) is 0. The first kappa shape index (κ1) is 9.28. The third kappa shape index (κ3) is 1.34. The fourth-order valence-electron chi connectivity index (χ4n) is 1.85. The first-order chi connectivity index (χ1) is 7.74. The van der Waals surface area contributed by atoms with Crippen LogP contribution in [0.1, 0.15) is 0 Å². The number of rotatable bonds is 0. The molecule has 3 rings (SSSR count). The molecule has 0 aliphatic rings. The predicted octanol–water partition coefficient (Wildman–Crippen LogP) is 3.87. The molecule has 3 aromatic carbocycles. The lowest BCUT2D eigenvalue weighted by Crippen LogP contribution is -1.84. The number of benzene rings is 3. The van der Waals surface area contributed by atoms with E-state index in [1.165, 1.54) is 6.07 Å². The second kappa shape index (κ2) is 3.27. The summed E-state index contributed by atoms with van der Waals surface area (Å²) in [4.78, 5) is 0. The Bertz CT molecular complexity index is 687. The van der Waals surface area contributed by atoms with Crippen LogP contribution in [0.4, 0.5) is 8.78 Å². The van der Waals surface area contributed by atoms with Gasteiger partial charge in [-0.2, -0.15) is 0 Å². The lowest BCUT2D eigenvalue weighted by atomic mass is 10.0. The highest BCUT2D eigenvalue weighted by molar-refractivity contribution is 5.98. The zero-order chi connectivity index (χ0) is 11.1. The molecular weight excluding hydrogens is 206 g/mol. The Morgan fingerprint density at radius 1 is 0.938 bits per heavy atom. The molecule has 0 aliphatic heterocycles. The molecule has 0 saturated heterocycles. The van der Waals surface area contributed by atoms with Crippen molar-refractivity contribution in [2.45, 2.75) is 0 Å². The van der Waals surface area contributed by atoms with Gasteiger partial charge in [-0.1, -0.05) is 12.1 Å². The van der Waals surface area contributed by atoms with Gasteiger partial charge in [0.1, 0.15) is 11.6 Å². The van der Waals surface area contributed by atoms with Crippen molar-refractivity contribution < 1.29 is 8.78 Å². The molecule has 16 heavy (non-hydrogen) atoms. The summed E-state index contributed by atoms with van der Waals surface area (Å²) in [7, 11) is 0. The standard InChI is InChI=1S/C14H6F2/c15-12-6-11-5-9-3-1-2-4-10(9)7-13(11)14(16)8-12/h2-7H. The minimum atomic E-state index is -0.677. The predicted molar refractivity (Wildman–Crippen MR) is 59.0 cm³/mol. The van der Waals surface area contributed by atoms with E-state index in [-0.39, 0.29) is 0 Å². The molecule has 0 atom stereocenters. The Morgan fingerprint density at radius 3 is 2.69 bits per heavy atom. The first-order valence-electron chi connectivity index (χ1n) is 4.85. The molecule has 0 nitrogen and oxygen atoms in total. The van der Waals surface area contributed by atoms with Crippen LogP contribution in [0.3, 0.4) is 0 Å². The lowest BCUT2D eigenvalue weighted by Gasteiger charge is -2.03. The van der Waals surface area contributed by atoms with Crippen LogP contribution in [0.5, 0.6) is 0 Å². The highest BCUT2D eigenvalue weighted by Gasteiger charge is 2.05. The minimum Gasteiger partial charge on any atom is -0.206 e. The molecule has 0 saturated carbocycles. The van der Waals surface area contributed by atoms with Gasteiger partial charge in [0.2, 0.25) is 0 Å². The van der Waals surface area contributed by atoms with Gasteiger partial charge in [-0.15, -0.1) is 0 Å². The van der Waals surface area contributed by atoms with Crippen LogP contribution < -0.4 is 0 Å². The monoisotopic (exact) mass is 212 g/mol. The van der Waals surface area contributed by atoms with Gasteiger partial charge in [-0.25, -0.2) is 8.78 Å². The number of fused-ring (bicyclic) bond motifs is 2. The van der Waals surface area contributed by atoms with E-state index in [1.54, 1.807) is 24.3 Å². The Labute approximate surface area is 91.1 Å². The molecular formula is C14H6F2. The largest absolute Gasteiger partial charge is 0.206 e. The third-order valence-corrected chi connectivity index (χ3v) is 2.60. The second-order valence-corrected chi connectivity index (χ2v) is 3.64. The average Bonchev–Trinajstić information content (AvgIpc) is 2.27. The molecule has 0 heterocycles. The van der Waals surface area contributed by atoms with Crippen molar-refractivity contribution in [1.82, 2.24) is 0 Å². The van der Waals surface area contributed by atoms with E-state index in [2.05, 4.69) is 6.07 Å². The summed E-state index contributed by atoms with van der Waals surface area (Å²) < 4.78 is 26.5. The second-order valence-electron chi connectivity index (χ2n) is 3.64. The van der Waals surface area contributed by atoms with Crippen LogP contribution in [0.15, 0.2) is 36.4 Å². The summed E-state index contributed by atoms with van der Waals surface area (Å²) in [5, 5.41) is 2.76. The molecule has 0 aromatic heterocycles. The zero-order valence-corrected chi connectivity index (χ0v) is 8.22. The molecule has 0 N–H and O–H groups in total. The van der Waals surface area contributed by atoms with Crippen molar-refractivity contribution in [3.8, 4) is 0 Å². The van der Waals surface area contributed by atoms with E-state index in [0.717, 1.165) is 10.8 Å². The highest BCUT2D eigenvalue weighted by Crippen LogP contribution is 2.25. The van der Waals surface area contributed by atoms with Crippen molar-refractivity contribution in [1.29, 1.82) is 0 Å². The Kier molecular flexibility index (Phi) is 1.90. The molecule has 0 spiro atoms. The van der Waals surface area contributed by atoms with Crippen LogP contribution >= 0.6 is 0 Å². The van der Waals surface area contributed by atoms with E-state index < -0.39 is 11.6 Å². The molecule has 76 valence electrons. The van der Waals surface area contributed by atoms with Crippen LogP contribution in [0.2, 0.25) is 0 Å². The highest BCUT2D eigenvalue weighted by atomic mass is 19.1.